The topological polar surface area (TPSA) is 34.1 Å². The lowest BCUT2D eigenvalue weighted by molar-refractivity contribution is 0.209. The second-order valence-corrected chi connectivity index (χ2v) is 5.61. The van der Waals surface area contributed by atoms with Crippen molar-refractivity contribution in [2.75, 3.05) is 6.54 Å². The van der Waals surface area contributed by atoms with Crippen molar-refractivity contribution in [3.63, 3.8) is 0 Å². The molecule has 0 amide bonds. The van der Waals surface area contributed by atoms with Gasteiger partial charge < -0.3 is 10.1 Å². The summed E-state index contributed by atoms with van der Waals surface area (Å²) in [6.07, 6.45) is 11.4. The molecule has 1 atom stereocenters. The lowest BCUT2D eigenvalue weighted by Crippen LogP contribution is -2.22. The molecule has 2 fully saturated rings. The monoisotopic (exact) mass is 258 g/mol. The van der Waals surface area contributed by atoms with Crippen LogP contribution >= 0.6 is 0 Å². The number of pyridine rings is 1. The van der Waals surface area contributed by atoms with E-state index >= 15 is 0 Å². The highest BCUT2D eigenvalue weighted by Crippen LogP contribution is 2.27. The van der Waals surface area contributed by atoms with Crippen LogP contribution in [0.4, 0.5) is 0 Å². The van der Waals surface area contributed by atoms with Gasteiger partial charge in [-0.25, -0.2) is 0 Å². The van der Waals surface area contributed by atoms with Gasteiger partial charge in [-0.05, 0) is 56.7 Å². The van der Waals surface area contributed by atoms with E-state index in [0.717, 1.165) is 23.4 Å². The Morgan fingerprint density at radius 1 is 1.21 bits per heavy atom. The molecule has 0 spiro atoms. The van der Waals surface area contributed by atoms with E-state index in [1.807, 2.05) is 12.4 Å². The number of nitrogens with zero attached hydrogens (tertiary/aromatic N) is 1. The summed E-state index contributed by atoms with van der Waals surface area (Å²) in [7, 11) is 0. The number of hydrogen-bond acceptors (Lipinski definition) is 3. The standard InChI is InChI=1S/C16H22N2O/c1-12(16-7-4-8-18-16)13-9-15(11-17-10-13)19-14-5-2-3-6-14/h9-11,14,16,18H,1-8H2. The molecule has 3 rings (SSSR count). The van der Waals surface area contributed by atoms with Crippen molar-refractivity contribution < 1.29 is 4.74 Å². The SMILES string of the molecule is C=C(c1cncc(OC2CCCC2)c1)C1CCCN1. The minimum absolute atomic E-state index is 0.384. The van der Waals surface area contributed by atoms with Crippen LogP contribution in [0.1, 0.15) is 44.1 Å². The van der Waals surface area contributed by atoms with Crippen LogP contribution in [0.25, 0.3) is 5.57 Å². The minimum Gasteiger partial charge on any atom is -0.489 e. The van der Waals surface area contributed by atoms with Crippen molar-refractivity contribution in [2.45, 2.75) is 50.7 Å². The molecule has 3 nitrogen and oxygen atoms in total. The molecule has 2 heterocycles. The van der Waals surface area contributed by atoms with Gasteiger partial charge in [-0.1, -0.05) is 6.58 Å². The van der Waals surface area contributed by atoms with Crippen molar-refractivity contribution in [1.29, 1.82) is 0 Å². The molecule has 1 aliphatic heterocycles. The van der Waals surface area contributed by atoms with E-state index in [4.69, 9.17) is 4.74 Å². The summed E-state index contributed by atoms with van der Waals surface area (Å²) in [5.41, 5.74) is 2.25. The number of nitrogens with one attached hydrogen (secondary N) is 1. The molecule has 1 aliphatic carbocycles. The van der Waals surface area contributed by atoms with Crippen LogP contribution in [0.5, 0.6) is 5.75 Å². The Labute approximate surface area is 115 Å². The van der Waals surface area contributed by atoms with E-state index in [0.29, 0.717) is 12.1 Å². The maximum atomic E-state index is 6.00. The van der Waals surface area contributed by atoms with Crippen LogP contribution in [0.2, 0.25) is 0 Å². The van der Waals surface area contributed by atoms with E-state index < -0.39 is 0 Å². The summed E-state index contributed by atoms with van der Waals surface area (Å²) in [6.45, 7) is 5.31. The average Bonchev–Trinajstić information content (AvgIpc) is 3.11. The van der Waals surface area contributed by atoms with E-state index in [-0.39, 0.29) is 0 Å². The molecule has 3 heteroatoms. The summed E-state index contributed by atoms with van der Waals surface area (Å²) in [4.78, 5) is 4.31. The Bertz CT molecular complexity index is 446. The molecule has 1 saturated heterocycles. The molecule has 0 radical (unpaired) electrons. The molecule has 1 unspecified atom stereocenters. The maximum absolute atomic E-state index is 6.00. The predicted octanol–water partition coefficient (Wildman–Crippen LogP) is 3.17. The average molecular weight is 258 g/mol. The molecule has 1 N–H and O–H groups in total. The minimum atomic E-state index is 0.384. The second kappa shape index (κ2) is 5.74. The van der Waals surface area contributed by atoms with Crippen molar-refractivity contribution in [1.82, 2.24) is 10.3 Å². The largest absolute Gasteiger partial charge is 0.489 e. The molecule has 1 aromatic heterocycles. The predicted molar refractivity (Wildman–Crippen MR) is 77.2 cm³/mol. The number of hydrogen-bond donors (Lipinski definition) is 1. The van der Waals surface area contributed by atoms with Crippen LogP contribution in [0.15, 0.2) is 25.0 Å². The first-order chi connectivity index (χ1) is 9.33. The summed E-state index contributed by atoms with van der Waals surface area (Å²) in [5.74, 6) is 0.892. The first-order valence-electron chi connectivity index (χ1n) is 7.37. The highest BCUT2D eigenvalue weighted by atomic mass is 16.5. The Hall–Kier alpha value is -1.35. The molecule has 1 saturated carbocycles. The van der Waals surface area contributed by atoms with Gasteiger partial charge in [0, 0.05) is 17.8 Å². The first-order valence-corrected chi connectivity index (χ1v) is 7.37. The zero-order valence-electron chi connectivity index (χ0n) is 11.4. The smallest absolute Gasteiger partial charge is 0.138 e. The number of rotatable bonds is 4. The summed E-state index contributed by atoms with van der Waals surface area (Å²) >= 11 is 0. The molecule has 19 heavy (non-hydrogen) atoms. The summed E-state index contributed by atoms with van der Waals surface area (Å²) in [5, 5.41) is 3.48. The normalized spacial score (nSPS) is 23.7. The molecular weight excluding hydrogens is 236 g/mol. The number of aromatic nitrogens is 1. The van der Waals surface area contributed by atoms with Crippen molar-refractivity contribution in [2.24, 2.45) is 0 Å². The lowest BCUT2D eigenvalue weighted by Gasteiger charge is -2.16. The third-order valence-corrected chi connectivity index (χ3v) is 4.17. The molecule has 2 aliphatic rings. The van der Waals surface area contributed by atoms with Crippen LogP contribution < -0.4 is 10.1 Å². The van der Waals surface area contributed by atoms with Crippen LogP contribution in [-0.2, 0) is 0 Å². The Kier molecular flexibility index (Phi) is 3.83. The Morgan fingerprint density at radius 2 is 2.05 bits per heavy atom. The van der Waals surface area contributed by atoms with Gasteiger partial charge in [0.1, 0.15) is 5.75 Å². The van der Waals surface area contributed by atoms with Gasteiger partial charge in [-0.2, -0.15) is 0 Å². The number of ether oxygens (including phenoxy) is 1. The zero-order valence-corrected chi connectivity index (χ0v) is 11.4. The maximum Gasteiger partial charge on any atom is 0.138 e. The van der Waals surface area contributed by atoms with Gasteiger partial charge in [-0.15, -0.1) is 0 Å². The van der Waals surface area contributed by atoms with Gasteiger partial charge >= 0.3 is 0 Å². The van der Waals surface area contributed by atoms with E-state index in [9.17, 15) is 0 Å². The van der Waals surface area contributed by atoms with Crippen molar-refractivity contribution in [3.8, 4) is 5.75 Å². The van der Waals surface area contributed by atoms with Gasteiger partial charge in [0.25, 0.3) is 0 Å². The molecule has 0 aromatic carbocycles. The Balaban J connectivity index is 1.69. The first kappa shape index (κ1) is 12.7. The lowest BCUT2D eigenvalue weighted by atomic mass is 10.0. The van der Waals surface area contributed by atoms with E-state index in [1.165, 1.54) is 38.5 Å². The van der Waals surface area contributed by atoms with Gasteiger partial charge in [0.2, 0.25) is 0 Å². The zero-order chi connectivity index (χ0) is 13.1. The fraction of sp³-hybridized carbons (Fsp3) is 0.562. The quantitative estimate of drug-likeness (QED) is 0.900. The van der Waals surface area contributed by atoms with E-state index in [1.54, 1.807) is 0 Å². The third kappa shape index (κ3) is 2.98. The molecule has 0 bridgehead atoms. The van der Waals surface area contributed by atoms with Crippen LogP contribution in [-0.4, -0.2) is 23.7 Å². The van der Waals surface area contributed by atoms with Crippen molar-refractivity contribution >= 4 is 5.57 Å². The highest BCUT2D eigenvalue weighted by Gasteiger charge is 2.20. The molecule has 1 aromatic rings. The summed E-state index contributed by atoms with van der Waals surface area (Å²) in [6, 6.07) is 2.50. The van der Waals surface area contributed by atoms with Gasteiger partial charge in [0.05, 0.1) is 12.3 Å². The van der Waals surface area contributed by atoms with Gasteiger partial charge in [-0.3, -0.25) is 4.98 Å². The summed E-state index contributed by atoms with van der Waals surface area (Å²) < 4.78 is 6.00. The molecular formula is C16H22N2O. The Morgan fingerprint density at radius 3 is 2.79 bits per heavy atom. The fourth-order valence-corrected chi connectivity index (χ4v) is 3.04. The fourth-order valence-electron chi connectivity index (χ4n) is 3.04. The third-order valence-electron chi connectivity index (χ3n) is 4.17. The van der Waals surface area contributed by atoms with E-state index in [2.05, 4.69) is 22.9 Å². The van der Waals surface area contributed by atoms with Crippen LogP contribution in [0.3, 0.4) is 0 Å². The van der Waals surface area contributed by atoms with Crippen LogP contribution in [0, 0.1) is 0 Å². The van der Waals surface area contributed by atoms with Crippen molar-refractivity contribution in [3.05, 3.63) is 30.6 Å². The van der Waals surface area contributed by atoms with Gasteiger partial charge in [0.15, 0.2) is 0 Å². The second-order valence-electron chi connectivity index (χ2n) is 5.61. The highest BCUT2D eigenvalue weighted by molar-refractivity contribution is 5.68. The molecule has 102 valence electrons.